The van der Waals surface area contributed by atoms with Crippen molar-refractivity contribution in [3.63, 3.8) is 0 Å². The molecule has 3 N–H and O–H groups in total. The summed E-state index contributed by atoms with van der Waals surface area (Å²) in [4.78, 5) is 35.1. The lowest BCUT2D eigenvalue weighted by atomic mass is 9.74. The first-order valence-corrected chi connectivity index (χ1v) is 14.8. The highest BCUT2D eigenvalue weighted by molar-refractivity contribution is 6.09. The fraction of sp³-hybridized carbons (Fsp3) is 0.265. The maximum atomic E-state index is 15.3. The summed E-state index contributed by atoms with van der Waals surface area (Å²) < 4.78 is 62.3. The highest BCUT2D eigenvalue weighted by Crippen LogP contribution is 2.45. The topological polar surface area (TPSA) is 118 Å². The molecule has 0 saturated carbocycles. The number of aryl methyl sites for hydroxylation is 1. The average Bonchev–Trinajstić information content (AvgIpc) is 3.75. The number of halogens is 3. The van der Waals surface area contributed by atoms with E-state index in [4.69, 9.17) is 19.2 Å². The number of hydrogen-bond donors (Lipinski definition) is 3. The minimum atomic E-state index is -1.37. The van der Waals surface area contributed by atoms with Crippen molar-refractivity contribution in [2.45, 2.75) is 38.5 Å². The molecule has 0 unspecified atom stereocenters. The molecule has 3 heterocycles. The quantitative estimate of drug-likeness (QED) is 0.156. The fourth-order valence-corrected chi connectivity index (χ4v) is 5.87. The van der Waals surface area contributed by atoms with Crippen molar-refractivity contribution in [2.24, 2.45) is 0 Å². The summed E-state index contributed by atoms with van der Waals surface area (Å²) in [5.41, 5.74) is 1.41. The van der Waals surface area contributed by atoms with Gasteiger partial charge in [0.1, 0.15) is 23.1 Å². The molecular weight excluding hydrogens is 601 g/mol. The number of benzene rings is 3. The molecule has 1 amide bonds. The average molecular weight is 633 g/mol. The van der Waals surface area contributed by atoms with Gasteiger partial charge >= 0.3 is 5.97 Å². The molecule has 1 aliphatic rings. The van der Waals surface area contributed by atoms with E-state index in [0.717, 1.165) is 17.2 Å². The second-order valence-corrected chi connectivity index (χ2v) is 11.1. The molecule has 3 aromatic carbocycles. The van der Waals surface area contributed by atoms with Crippen LogP contribution in [-0.2, 0) is 21.4 Å². The number of para-hydroxylation sites is 1. The maximum Gasteiger partial charge on any atom is 0.306 e. The van der Waals surface area contributed by atoms with Crippen LogP contribution in [0.4, 0.5) is 13.2 Å². The summed E-state index contributed by atoms with van der Waals surface area (Å²) in [5.74, 6) is -3.99. The fourth-order valence-electron chi connectivity index (χ4n) is 5.87. The Morgan fingerprint density at radius 3 is 2.72 bits per heavy atom. The Morgan fingerprint density at radius 2 is 1.93 bits per heavy atom. The first-order valence-electron chi connectivity index (χ1n) is 14.8. The van der Waals surface area contributed by atoms with Crippen LogP contribution in [0.2, 0.25) is 0 Å². The second kappa shape index (κ2) is 12.3. The van der Waals surface area contributed by atoms with Gasteiger partial charge in [-0.25, -0.2) is 13.8 Å². The highest BCUT2D eigenvalue weighted by atomic mass is 19.2. The minimum Gasteiger partial charge on any atom is -0.493 e. The monoisotopic (exact) mass is 632 g/mol. The SMILES string of the molecule is CCOC(=O)CCc1cccc2c1OCC[C@]2(C)c1c[nH]c(-c2cc(Oc3c(F)c(F)c4[nH]ccc4c3C(=O)NC)ccc2F)n1. The van der Waals surface area contributed by atoms with Gasteiger partial charge < -0.3 is 29.5 Å². The lowest BCUT2D eigenvalue weighted by Gasteiger charge is -2.35. The Morgan fingerprint density at radius 1 is 1.11 bits per heavy atom. The number of carbonyl (C=O) groups excluding carboxylic acids is 2. The van der Waals surface area contributed by atoms with Crippen molar-refractivity contribution < 1.29 is 37.0 Å². The number of nitrogens with one attached hydrogen (secondary N) is 3. The van der Waals surface area contributed by atoms with Gasteiger partial charge in [0.05, 0.1) is 35.6 Å². The Bertz CT molecular complexity index is 1970. The number of carbonyl (C=O) groups is 2. The van der Waals surface area contributed by atoms with Gasteiger partial charge in [-0.2, -0.15) is 4.39 Å². The molecule has 1 aliphatic heterocycles. The zero-order valence-corrected chi connectivity index (χ0v) is 25.4. The van der Waals surface area contributed by atoms with Gasteiger partial charge in [0.15, 0.2) is 11.6 Å². The minimum absolute atomic E-state index is 0.0212. The Kier molecular flexibility index (Phi) is 8.20. The highest BCUT2D eigenvalue weighted by Gasteiger charge is 2.38. The van der Waals surface area contributed by atoms with Crippen LogP contribution in [0.25, 0.3) is 22.3 Å². The van der Waals surface area contributed by atoms with E-state index < -0.39 is 34.5 Å². The van der Waals surface area contributed by atoms with Crippen LogP contribution < -0.4 is 14.8 Å². The van der Waals surface area contributed by atoms with Crippen molar-refractivity contribution in [1.29, 1.82) is 0 Å². The van der Waals surface area contributed by atoms with Gasteiger partial charge in [0.25, 0.3) is 5.91 Å². The van der Waals surface area contributed by atoms with Crippen molar-refractivity contribution in [3.05, 3.63) is 94.7 Å². The molecule has 9 nitrogen and oxygen atoms in total. The van der Waals surface area contributed by atoms with E-state index in [2.05, 4.69) is 15.3 Å². The number of rotatable bonds is 9. The van der Waals surface area contributed by atoms with Crippen molar-refractivity contribution in [1.82, 2.24) is 20.3 Å². The number of amides is 1. The normalized spacial score (nSPS) is 15.7. The number of nitrogens with zero attached hydrogens (tertiary/aromatic N) is 1. The second-order valence-electron chi connectivity index (χ2n) is 11.1. The van der Waals surface area contributed by atoms with Gasteiger partial charge in [-0.1, -0.05) is 18.2 Å². The van der Waals surface area contributed by atoms with Crippen LogP contribution in [0.5, 0.6) is 17.2 Å². The molecule has 0 radical (unpaired) electrons. The smallest absolute Gasteiger partial charge is 0.306 e. The van der Waals surface area contributed by atoms with E-state index in [0.29, 0.717) is 37.5 Å². The molecule has 0 aliphatic carbocycles. The van der Waals surface area contributed by atoms with Crippen LogP contribution in [0.1, 0.15) is 53.9 Å². The van der Waals surface area contributed by atoms with Gasteiger partial charge in [-0.05, 0) is 56.5 Å². The number of fused-ring (bicyclic) bond motifs is 2. The maximum absolute atomic E-state index is 15.3. The molecule has 0 spiro atoms. The molecule has 0 saturated heterocycles. The third-order valence-corrected chi connectivity index (χ3v) is 8.31. The van der Waals surface area contributed by atoms with E-state index >= 15 is 8.78 Å². The number of ether oxygens (including phenoxy) is 3. The number of esters is 1. The predicted molar refractivity (Wildman–Crippen MR) is 164 cm³/mol. The third kappa shape index (κ3) is 5.33. The summed E-state index contributed by atoms with van der Waals surface area (Å²) in [7, 11) is 1.36. The van der Waals surface area contributed by atoms with E-state index in [1.807, 2.05) is 25.1 Å². The van der Waals surface area contributed by atoms with E-state index in [-0.39, 0.29) is 46.0 Å². The van der Waals surface area contributed by atoms with Crippen LogP contribution in [-0.4, -0.2) is 47.1 Å². The molecule has 0 fully saturated rings. The van der Waals surface area contributed by atoms with Gasteiger partial charge in [-0.3, -0.25) is 9.59 Å². The molecule has 0 bridgehead atoms. The predicted octanol–water partition coefficient (Wildman–Crippen LogP) is 6.71. The van der Waals surface area contributed by atoms with E-state index in [1.54, 1.807) is 13.1 Å². The lowest BCUT2D eigenvalue weighted by molar-refractivity contribution is -0.143. The molecule has 2 aromatic heterocycles. The van der Waals surface area contributed by atoms with E-state index in [1.165, 1.54) is 31.4 Å². The van der Waals surface area contributed by atoms with Gasteiger partial charge in [0.2, 0.25) is 5.82 Å². The van der Waals surface area contributed by atoms with Crippen LogP contribution >= 0.6 is 0 Å². The first kappa shape index (κ1) is 30.8. The Labute approximate surface area is 262 Å². The Balaban J connectivity index is 1.33. The summed E-state index contributed by atoms with van der Waals surface area (Å²) >= 11 is 0. The van der Waals surface area contributed by atoms with Crippen LogP contribution in [0.15, 0.2) is 54.9 Å². The lowest BCUT2D eigenvalue weighted by Crippen LogP contribution is -2.32. The summed E-state index contributed by atoms with van der Waals surface area (Å²) in [6, 6.07) is 10.9. The van der Waals surface area contributed by atoms with Crippen LogP contribution in [0.3, 0.4) is 0 Å². The first-order chi connectivity index (χ1) is 22.2. The molecule has 12 heteroatoms. The molecule has 46 heavy (non-hydrogen) atoms. The summed E-state index contributed by atoms with van der Waals surface area (Å²) in [6.07, 6.45) is 4.34. The third-order valence-electron chi connectivity index (χ3n) is 8.31. The largest absolute Gasteiger partial charge is 0.493 e. The van der Waals surface area contributed by atoms with Gasteiger partial charge in [0, 0.05) is 42.2 Å². The number of hydrogen-bond acceptors (Lipinski definition) is 6. The standard InChI is InChI=1S/C34H31F3N4O5/c1-4-44-25(42)11-8-18-6-5-7-22-30(18)45-15-13-34(22,2)24-17-40-32(41-24)21-16-19(9-10-23(21)35)46-31-26(33(43)38-3)20-12-14-39-29(20)27(36)28(31)37/h5-7,9-10,12,14,16-17,39H,4,8,11,13,15H2,1-3H3,(H,38,43)(H,40,41)/t34-/m0/s1. The van der Waals surface area contributed by atoms with Gasteiger partial charge in [-0.15, -0.1) is 0 Å². The zero-order chi connectivity index (χ0) is 32.6. The van der Waals surface area contributed by atoms with E-state index in [9.17, 15) is 14.0 Å². The molecule has 1 atom stereocenters. The molecule has 6 rings (SSSR count). The number of H-pyrrole nitrogens is 2. The van der Waals surface area contributed by atoms with Crippen LogP contribution in [0, 0.1) is 17.5 Å². The van der Waals surface area contributed by atoms with Crippen molar-refractivity contribution >= 4 is 22.8 Å². The molecule has 238 valence electrons. The molecule has 5 aromatic rings. The van der Waals surface area contributed by atoms with Crippen molar-refractivity contribution in [2.75, 3.05) is 20.3 Å². The van der Waals surface area contributed by atoms with Crippen molar-refractivity contribution in [3.8, 4) is 28.6 Å². The summed E-state index contributed by atoms with van der Waals surface area (Å²) in [6.45, 7) is 4.50. The summed E-state index contributed by atoms with van der Waals surface area (Å²) in [5, 5.41) is 2.55. The number of aromatic amines is 2. The Hall–Kier alpha value is -5.26. The zero-order valence-electron chi connectivity index (χ0n) is 25.4. The number of imidazole rings is 1. The molecular formula is C34H31F3N4O5. The number of aromatic nitrogens is 3.